The van der Waals surface area contributed by atoms with Crippen LogP contribution in [0.3, 0.4) is 0 Å². The van der Waals surface area contributed by atoms with Crippen LogP contribution in [0.2, 0.25) is 0 Å². The molecule has 1 fully saturated rings. The molecule has 1 amide bonds. The van der Waals surface area contributed by atoms with E-state index in [4.69, 9.17) is 5.84 Å². The van der Waals surface area contributed by atoms with Crippen molar-refractivity contribution in [1.29, 1.82) is 0 Å². The summed E-state index contributed by atoms with van der Waals surface area (Å²) < 4.78 is 0. The van der Waals surface area contributed by atoms with Crippen molar-refractivity contribution in [3.05, 3.63) is 35.9 Å². The number of nitrogens with zero attached hydrogens (tertiary/aromatic N) is 1. The normalized spacial score (nSPS) is 25.1. The van der Waals surface area contributed by atoms with Crippen molar-refractivity contribution in [1.82, 2.24) is 10.3 Å². The van der Waals surface area contributed by atoms with E-state index >= 15 is 0 Å². The lowest BCUT2D eigenvalue weighted by molar-refractivity contribution is -0.123. The first kappa shape index (κ1) is 15.9. The number of likely N-dealkylation sites (tertiary alicyclic amines) is 1. The minimum atomic E-state index is -0.590. The first-order valence-corrected chi connectivity index (χ1v) is 7.52. The van der Waals surface area contributed by atoms with Gasteiger partial charge in [0.05, 0.1) is 11.5 Å². The molecule has 5 nitrogen and oxygen atoms in total. The van der Waals surface area contributed by atoms with E-state index < -0.39 is 5.60 Å². The molecule has 2 atom stereocenters. The molecule has 1 aliphatic rings. The van der Waals surface area contributed by atoms with E-state index in [0.717, 1.165) is 37.9 Å². The summed E-state index contributed by atoms with van der Waals surface area (Å²) in [5, 5.41) is 10.2. The van der Waals surface area contributed by atoms with E-state index in [2.05, 4.69) is 10.3 Å². The first-order valence-electron chi connectivity index (χ1n) is 7.52. The average Bonchev–Trinajstić information content (AvgIpc) is 2.66. The molecule has 21 heavy (non-hydrogen) atoms. The average molecular weight is 291 g/mol. The number of hydrazine groups is 1. The SMILES string of the molecule is CC1(O)CCCN(CC(C(=O)NN)c2ccccc2)CC1. The molecular formula is C16H25N3O2. The van der Waals surface area contributed by atoms with Crippen LogP contribution >= 0.6 is 0 Å². The standard InChI is InChI=1S/C16H25N3O2/c1-16(21)8-5-10-19(11-9-16)12-14(15(20)18-17)13-6-3-2-4-7-13/h2-4,6-7,14,21H,5,8-12,17H2,1H3,(H,18,20). The maximum atomic E-state index is 12.1. The van der Waals surface area contributed by atoms with E-state index in [-0.39, 0.29) is 11.8 Å². The van der Waals surface area contributed by atoms with E-state index in [0.29, 0.717) is 6.54 Å². The molecule has 2 unspecified atom stereocenters. The Morgan fingerprint density at radius 1 is 1.38 bits per heavy atom. The second-order valence-electron chi connectivity index (χ2n) is 6.12. The molecule has 2 rings (SSSR count). The van der Waals surface area contributed by atoms with Gasteiger partial charge in [0.1, 0.15) is 0 Å². The van der Waals surface area contributed by atoms with Crippen molar-refractivity contribution < 1.29 is 9.90 Å². The van der Waals surface area contributed by atoms with Gasteiger partial charge in [0.2, 0.25) is 5.91 Å². The van der Waals surface area contributed by atoms with Gasteiger partial charge in [-0.05, 0) is 38.3 Å². The van der Waals surface area contributed by atoms with Crippen LogP contribution in [0.25, 0.3) is 0 Å². The second-order valence-corrected chi connectivity index (χ2v) is 6.12. The summed E-state index contributed by atoms with van der Waals surface area (Å²) in [4.78, 5) is 14.3. The van der Waals surface area contributed by atoms with Crippen LogP contribution in [0, 0.1) is 0 Å². The van der Waals surface area contributed by atoms with Crippen LogP contribution in [-0.4, -0.2) is 41.1 Å². The number of hydrogen-bond donors (Lipinski definition) is 3. The van der Waals surface area contributed by atoms with Gasteiger partial charge >= 0.3 is 0 Å². The van der Waals surface area contributed by atoms with Crippen LogP contribution in [0.4, 0.5) is 0 Å². The topological polar surface area (TPSA) is 78.6 Å². The fraction of sp³-hybridized carbons (Fsp3) is 0.562. The zero-order chi connectivity index (χ0) is 15.3. The van der Waals surface area contributed by atoms with Gasteiger partial charge in [-0.2, -0.15) is 0 Å². The highest BCUT2D eigenvalue weighted by atomic mass is 16.3. The highest BCUT2D eigenvalue weighted by Crippen LogP contribution is 2.24. The summed E-state index contributed by atoms with van der Waals surface area (Å²) >= 11 is 0. The number of carbonyl (C=O) groups excluding carboxylic acids is 1. The smallest absolute Gasteiger partial charge is 0.242 e. The maximum Gasteiger partial charge on any atom is 0.242 e. The van der Waals surface area contributed by atoms with Crippen molar-refractivity contribution in [2.75, 3.05) is 19.6 Å². The molecule has 1 aromatic carbocycles. The summed E-state index contributed by atoms with van der Waals surface area (Å²) in [5.74, 6) is 4.88. The molecule has 116 valence electrons. The lowest BCUT2D eigenvalue weighted by Crippen LogP contribution is -2.41. The van der Waals surface area contributed by atoms with Gasteiger partial charge in [-0.25, -0.2) is 5.84 Å². The number of aliphatic hydroxyl groups is 1. The number of rotatable bonds is 4. The molecule has 1 heterocycles. The summed E-state index contributed by atoms with van der Waals surface area (Å²) in [6.45, 7) is 4.21. The molecule has 1 saturated heterocycles. The Balaban J connectivity index is 2.07. The quantitative estimate of drug-likeness (QED) is 0.439. The lowest BCUT2D eigenvalue weighted by Gasteiger charge is -2.26. The first-order chi connectivity index (χ1) is 10.0. The Kier molecular flexibility index (Phi) is 5.33. The molecule has 0 spiro atoms. The molecule has 0 aromatic heterocycles. The van der Waals surface area contributed by atoms with Gasteiger partial charge in [0.25, 0.3) is 0 Å². The number of nitrogens with two attached hydrogens (primary N) is 1. The van der Waals surface area contributed by atoms with E-state index in [1.54, 1.807) is 0 Å². The Hall–Kier alpha value is -1.43. The Bertz CT molecular complexity index is 462. The zero-order valence-electron chi connectivity index (χ0n) is 12.6. The van der Waals surface area contributed by atoms with Crippen molar-refractivity contribution in [2.24, 2.45) is 5.84 Å². The Morgan fingerprint density at radius 3 is 2.76 bits per heavy atom. The van der Waals surface area contributed by atoms with Gasteiger partial charge in [0.15, 0.2) is 0 Å². The third-order valence-corrected chi connectivity index (χ3v) is 4.26. The number of amides is 1. The van der Waals surface area contributed by atoms with Gasteiger partial charge in [-0.15, -0.1) is 0 Å². The number of benzene rings is 1. The van der Waals surface area contributed by atoms with Crippen LogP contribution in [0.15, 0.2) is 30.3 Å². The van der Waals surface area contributed by atoms with Crippen LogP contribution in [0.1, 0.15) is 37.7 Å². The highest BCUT2D eigenvalue weighted by Gasteiger charge is 2.28. The molecule has 5 heteroatoms. The fourth-order valence-electron chi connectivity index (χ4n) is 2.89. The number of hydrogen-bond acceptors (Lipinski definition) is 4. The third-order valence-electron chi connectivity index (χ3n) is 4.26. The zero-order valence-corrected chi connectivity index (χ0v) is 12.6. The second kappa shape index (κ2) is 7.02. The summed E-state index contributed by atoms with van der Waals surface area (Å²) in [6.07, 6.45) is 2.49. The predicted molar refractivity (Wildman–Crippen MR) is 82.4 cm³/mol. The minimum absolute atomic E-state index is 0.169. The van der Waals surface area contributed by atoms with E-state index in [1.165, 1.54) is 0 Å². The van der Waals surface area contributed by atoms with Crippen LogP contribution in [0.5, 0.6) is 0 Å². The predicted octanol–water partition coefficient (Wildman–Crippen LogP) is 0.997. The molecule has 0 bridgehead atoms. The van der Waals surface area contributed by atoms with Crippen molar-refractivity contribution in [3.63, 3.8) is 0 Å². The van der Waals surface area contributed by atoms with Crippen LogP contribution < -0.4 is 11.3 Å². The Morgan fingerprint density at radius 2 is 2.10 bits per heavy atom. The monoisotopic (exact) mass is 291 g/mol. The molecule has 1 aliphatic heterocycles. The highest BCUT2D eigenvalue weighted by molar-refractivity contribution is 5.83. The summed E-state index contributed by atoms with van der Waals surface area (Å²) in [7, 11) is 0. The lowest BCUT2D eigenvalue weighted by atomic mass is 9.97. The molecule has 1 aromatic rings. The van der Waals surface area contributed by atoms with Gasteiger partial charge in [0, 0.05) is 13.1 Å². The van der Waals surface area contributed by atoms with E-state index in [1.807, 2.05) is 37.3 Å². The van der Waals surface area contributed by atoms with Crippen LogP contribution in [-0.2, 0) is 4.79 Å². The summed E-state index contributed by atoms with van der Waals surface area (Å²) in [5.41, 5.74) is 2.65. The van der Waals surface area contributed by atoms with Crippen molar-refractivity contribution in [2.45, 2.75) is 37.7 Å². The van der Waals surface area contributed by atoms with Gasteiger partial charge < -0.3 is 10.0 Å². The largest absolute Gasteiger partial charge is 0.390 e. The molecule has 0 aliphatic carbocycles. The Labute approximate surface area is 126 Å². The summed E-state index contributed by atoms with van der Waals surface area (Å²) in [6, 6.07) is 9.70. The van der Waals surface area contributed by atoms with Crippen molar-refractivity contribution >= 4 is 5.91 Å². The molecule has 0 radical (unpaired) electrons. The molecule has 4 N–H and O–H groups in total. The molecule has 0 saturated carbocycles. The van der Waals surface area contributed by atoms with Crippen molar-refractivity contribution in [3.8, 4) is 0 Å². The third kappa shape index (κ3) is 4.52. The molecular weight excluding hydrogens is 266 g/mol. The minimum Gasteiger partial charge on any atom is -0.390 e. The maximum absolute atomic E-state index is 12.1. The number of carbonyl (C=O) groups is 1. The van der Waals surface area contributed by atoms with E-state index in [9.17, 15) is 9.90 Å². The number of nitrogens with one attached hydrogen (secondary N) is 1. The fourth-order valence-corrected chi connectivity index (χ4v) is 2.89. The van der Waals surface area contributed by atoms with Gasteiger partial charge in [-0.3, -0.25) is 10.2 Å². The van der Waals surface area contributed by atoms with Gasteiger partial charge in [-0.1, -0.05) is 30.3 Å².